The van der Waals surface area contributed by atoms with Crippen LogP contribution < -0.4 is 15.9 Å². The lowest BCUT2D eigenvalue weighted by atomic mass is 10.1. The fourth-order valence-corrected chi connectivity index (χ4v) is 2.83. The third-order valence-corrected chi connectivity index (χ3v) is 4.39. The second kappa shape index (κ2) is 6.58. The lowest BCUT2D eigenvalue weighted by molar-refractivity contribution is -0.121. The summed E-state index contributed by atoms with van der Waals surface area (Å²) in [6.45, 7) is 4.36. The maximum Gasteiger partial charge on any atom is 0.308 e. The van der Waals surface area contributed by atoms with E-state index in [2.05, 4.69) is 5.32 Å². The number of rotatable bonds is 5. The highest BCUT2D eigenvalue weighted by Crippen LogP contribution is 2.09. The Bertz CT molecular complexity index is 686. The predicted octanol–water partition coefficient (Wildman–Crippen LogP) is 1.47. The smallest absolute Gasteiger partial charge is 0.308 e. The molecule has 0 aliphatic carbocycles. The van der Waals surface area contributed by atoms with Crippen molar-refractivity contribution < 1.29 is 4.79 Å². The van der Waals surface area contributed by atoms with Crippen molar-refractivity contribution in [1.82, 2.24) is 9.88 Å². The minimum absolute atomic E-state index is 0.0801. The maximum absolute atomic E-state index is 11.9. The minimum atomic E-state index is -0.145. The second-order valence-corrected chi connectivity index (χ2v) is 6.10. The molecule has 2 aromatic rings. The van der Waals surface area contributed by atoms with Gasteiger partial charge < -0.3 is 11.1 Å². The maximum atomic E-state index is 11.9. The van der Waals surface area contributed by atoms with E-state index < -0.39 is 0 Å². The molecule has 6 heteroatoms. The molecule has 1 aromatic carbocycles. The van der Waals surface area contributed by atoms with E-state index in [0.29, 0.717) is 6.54 Å². The molecule has 112 valence electrons. The largest absolute Gasteiger partial charge is 0.399 e. The van der Waals surface area contributed by atoms with Gasteiger partial charge in [-0.3, -0.25) is 14.2 Å². The van der Waals surface area contributed by atoms with Crippen LogP contribution in [0.1, 0.15) is 16.1 Å². The molecule has 1 aromatic heterocycles. The van der Waals surface area contributed by atoms with Crippen LogP contribution >= 0.6 is 11.3 Å². The SMILES string of the molecule is Cc1sc(=O)n(CC(=O)NCCc2ccc(N)cc2)c1C. The average Bonchev–Trinajstić information content (AvgIpc) is 2.68. The number of amides is 1. The van der Waals surface area contributed by atoms with Crippen LogP contribution in [0.4, 0.5) is 5.69 Å². The lowest BCUT2D eigenvalue weighted by Crippen LogP contribution is -2.32. The van der Waals surface area contributed by atoms with Crippen molar-refractivity contribution in [2.45, 2.75) is 26.8 Å². The van der Waals surface area contributed by atoms with Gasteiger partial charge in [0.05, 0.1) is 0 Å². The number of carbonyl (C=O) groups excluding carboxylic acids is 1. The van der Waals surface area contributed by atoms with Gasteiger partial charge >= 0.3 is 4.87 Å². The van der Waals surface area contributed by atoms with Gasteiger partial charge in [0, 0.05) is 22.8 Å². The topological polar surface area (TPSA) is 77.1 Å². The number of nitrogen functional groups attached to an aromatic ring is 1. The standard InChI is InChI=1S/C15H19N3O2S/c1-10-11(2)21-15(20)18(10)9-14(19)17-8-7-12-3-5-13(16)6-4-12/h3-6H,7-9,16H2,1-2H3,(H,17,19). The summed E-state index contributed by atoms with van der Waals surface area (Å²) in [7, 11) is 0. The molecule has 21 heavy (non-hydrogen) atoms. The molecule has 0 radical (unpaired) electrons. The van der Waals surface area contributed by atoms with Gasteiger partial charge in [-0.15, -0.1) is 0 Å². The zero-order valence-corrected chi connectivity index (χ0v) is 13.0. The summed E-state index contributed by atoms with van der Waals surface area (Å²) in [5.74, 6) is -0.145. The third kappa shape index (κ3) is 3.95. The Morgan fingerprint density at radius 2 is 1.95 bits per heavy atom. The molecule has 5 nitrogen and oxygen atoms in total. The highest BCUT2D eigenvalue weighted by atomic mass is 32.1. The minimum Gasteiger partial charge on any atom is -0.399 e. The fraction of sp³-hybridized carbons (Fsp3) is 0.333. The molecule has 0 unspecified atom stereocenters. The van der Waals surface area contributed by atoms with Crippen LogP contribution in [-0.2, 0) is 17.8 Å². The Labute approximate surface area is 127 Å². The zero-order chi connectivity index (χ0) is 15.4. The molecular weight excluding hydrogens is 286 g/mol. The second-order valence-electron chi connectivity index (χ2n) is 4.94. The van der Waals surface area contributed by atoms with Gasteiger partial charge in [0.1, 0.15) is 6.54 Å². The van der Waals surface area contributed by atoms with Gasteiger partial charge in [-0.2, -0.15) is 0 Å². The zero-order valence-electron chi connectivity index (χ0n) is 12.2. The van der Waals surface area contributed by atoms with E-state index >= 15 is 0 Å². The van der Waals surface area contributed by atoms with E-state index in [1.54, 1.807) is 0 Å². The molecular formula is C15H19N3O2S. The summed E-state index contributed by atoms with van der Waals surface area (Å²) in [5, 5.41) is 2.83. The van der Waals surface area contributed by atoms with E-state index in [-0.39, 0.29) is 17.3 Å². The number of aryl methyl sites for hydroxylation is 1. The van der Waals surface area contributed by atoms with Crippen molar-refractivity contribution in [1.29, 1.82) is 0 Å². The first-order valence-corrected chi connectivity index (χ1v) is 7.57. The van der Waals surface area contributed by atoms with Crippen molar-refractivity contribution in [2.24, 2.45) is 0 Å². The van der Waals surface area contributed by atoms with Gasteiger partial charge in [0.15, 0.2) is 0 Å². The van der Waals surface area contributed by atoms with Crippen LogP contribution in [-0.4, -0.2) is 17.0 Å². The first kappa shape index (κ1) is 15.3. The number of nitrogens with one attached hydrogen (secondary N) is 1. The summed E-state index contributed by atoms with van der Waals surface area (Å²) in [5.41, 5.74) is 8.32. The highest BCUT2D eigenvalue weighted by molar-refractivity contribution is 7.09. The van der Waals surface area contributed by atoms with Crippen molar-refractivity contribution in [3.8, 4) is 0 Å². The van der Waals surface area contributed by atoms with Crippen molar-refractivity contribution in [3.63, 3.8) is 0 Å². The van der Waals surface area contributed by atoms with E-state index in [0.717, 1.165) is 28.2 Å². The molecule has 2 rings (SSSR count). The summed E-state index contributed by atoms with van der Waals surface area (Å²) in [6, 6.07) is 7.57. The predicted molar refractivity (Wildman–Crippen MR) is 85.6 cm³/mol. The first-order valence-electron chi connectivity index (χ1n) is 6.75. The van der Waals surface area contributed by atoms with Crippen LogP contribution in [0, 0.1) is 13.8 Å². The van der Waals surface area contributed by atoms with E-state index in [1.165, 1.54) is 15.9 Å². The van der Waals surface area contributed by atoms with E-state index in [1.807, 2.05) is 38.1 Å². The molecule has 0 bridgehead atoms. The number of hydrogen-bond acceptors (Lipinski definition) is 4. The molecule has 0 atom stereocenters. The Kier molecular flexibility index (Phi) is 4.80. The number of benzene rings is 1. The molecule has 0 saturated carbocycles. The summed E-state index contributed by atoms with van der Waals surface area (Å²) < 4.78 is 1.51. The molecule has 0 fully saturated rings. The normalized spacial score (nSPS) is 10.6. The van der Waals surface area contributed by atoms with Gasteiger partial charge in [-0.25, -0.2) is 0 Å². The first-order chi connectivity index (χ1) is 9.97. The quantitative estimate of drug-likeness (QED) is 0.821. The number of thiazole rings is 1. The number of nitrogens with two attached hydrogens (primary N) is 1. The number of carbonyl (C=O) groups is 1. The molecule has 0 spiro atoms. The van der Waals surface area contributed by atoms with Crippen LogP contribution in [0.15, 0.2) is 29.1 Å². The monoisotopic (exact) mass is 305 g/mol. The Morgan fingerprint density at radius 1 is 1.29 bits per heavy atom. The molecule has 0 aliphatic rings. The summed E-state index contributed by atoms with van der Waals surface area (Å²) >= 11 is 1.18. The average molecular weight is 305 g/mol. The van der Waals surface area contributed by atoms with Crippen molar-refractivity contribution in [3.05, 3.63) is 50.1 Å². The lowest BCUT2D eigenvalue weighted by Gasteiger charge is -2.07. The highest BCUT2D eigenvalue weighted by Gasteiger charge is 2.10. The van der Waals surface area contributed by atoms with E-state index in [4.69, 9.17) is 5.73 Å². The van der Waals surface area contributed by atoms with Gasteiger partial charge in [0.25, 0.3) is 0 Å². The number of anilines is 1. The number of nitrogens with zero attached hydrogens (tertiary/aromatic N) is 1. The van der Waals surface area contributed by atoms with E-state index in [9.17, 15) is 9.59 Å². The molecule has 0 aliphatic heterocycles. The van der Waals surface area contributed by atoms with Gasteiger partial charge in [0.2, 0.25) is 5.91 Å². The number of hydrogen-bond donors (Lipinski definition) is 2. The van der Waals surface area contributed by atoms with Crippen LogP contribution in [0.3, 0.4) is 0 Å². The molecule has 1 heterocycles. The third-order valence-electron chi connectivity index (χ3n) is 3.39. The Balaban J connectivity index is 1.85. The van der Waals surface area contributed by atoms with Crippen LogP contribution in [0.5, 0.6) is 0 Å². The summed E-state index contributed by atoms with van der Waals surface area (Å²) in [6.07, 6.45) is 0.739. The van der Waals surface area contributed by atoms with Gasteiger partial charge in [-0.05, 0) is 38.0 Å². The molecule has 3 N–H and O–H groups in total. The van der Waals surface area contributed by atoms with Gasteiger partial charge in [-0.1, -0.05) is 23.5 Å². The van der Waals surface area contributed by atoms with Crippen LogP contribution in [0.2, 0.25) is 0 Å². The Morgan fingerprint density at radius 3 is 2.52 bits per heavy atom. The van der Waals surface area contributed by atoms with Crippen LogP contribution in [0.25, 0.3) is 0 Å². The number of aromatic nitrogens is 1. The summed E-state index contributed by atoms with van der Waals surface area (Å²) in [4.78, 5) is 24.5. The Hall–Kier alpha value is -2.08. The molecule has 1 amide bonds. The van der Waals surface area contributed by atoms with Crippen molar-refractivity contribution >= 4 is 22.9 Å². The fourth-order valence-electron chi connectivity index (χ4n) is 2.00. The van der Waals surface area contributed by atoms with Crippen molar-refractivity contribution in [2.75, 3.05) is 12.3 Å². The molecule has 0 saturated heterocycles.